The number of aromatic carboxylic acids is 1. The summed E-state index contributed by atoms with van der Waals surface area (Å²) in [5.74, 6) is -4.80. The van der Waals surface area contributed by atoms with E-state index in [1.54, 1.807) is 6.92 Å². The summed E-state index contributed by atoms with van der Waals surface area (Å²) in [6, 6.07) is 0.836. The number of nitrogens with one attached hydrogen (secondary N) is 1. The Kier molecular flexibility index (Phi) is 4.47. The van der Waals surface area contributed by atoms with Crippen molar-refractivity contribution in [2.45, 2.75) is 33.7 Å². The molecule has 0 spiro atoms. The van der Waals surface area contributed by atoms with E-state index in [4.69, 9.17) is 5.11 Å². The van der Waals surface area contributed by atoms with Crippen LogP contribution < -0.4 is 5.32 Å². The van der Waals surface area contributed by atoms with Crippen LogP contribution in [-0.4, -0.2) is 23.0 Å². The number of rotatable bonds is 3. The van der Waals surface area contributed by atoms with Crippen molar-refractivity contribution in [3.8, 4) is 0 Å². The second-order valence-electron chi connectivity index (χ2n) is 5.68. The Hall–Kier alpha value is -1.98. The van der Waals surface area contributed by atoms with Crippen molar-refractivity contribution in [2.24, 2.45) is 5.41 Å². The summed E-state index contributed by atoms with van der Waals surface area (Å²) in [7, 11) is 0. The molecule has 1 amide bonds. The zero-order valence-corrected chi connectivity index (χ0v) is 11.8. The average Bonchev–Trinajstić information content (AvgIpc) is 2.30. The van der Waals surface area contributed by atoms with Crippen LogP contribution in [0.25, 0.3) is 0 Å². The van der Waals surface area contributed by atoms with E-state index in [9.17, 15) is 18.4 Å². The molecule has 0 aromatic heterocycles. The van der Waals surface area contributed by atoms with Gasteiger partial charge in [-0.25, -0.2) is 13.6 Å². The highest BCUT2D eigenvalue weighted by molar-refractivity contribution is 6.04. The highest BCUT2D eigenvalue weighted by Crippen LogP contribution is 2.20. The van der Waals surface area contributed by atoms with Crippen LogP contribution in [0.3, 0.4) is 0 Å². The van der Waals surface area contributed by atoms with Crippen LogP contribution in [0, 0.1) is 17.0 Å². The Morgan fingerprint density at radius 1 is 1.15 bits per heavy atom. The summed E-state index contributed by atoms with van der Waals surface area (Å²) in [4.78, 5) is 23.0. The molecule has 1 aromatic rings. The van der Waals surface area contributed by atoms with Crippen molar-refractivity contribution < 1.29 is 23.5 Å². The normalized spacial score (nSPS) is 12.9. The summed E-state index contributed by atoms with van der Waals surface area (Å²) < 4.78 is 26.3. The maximum atomic E-state index is 13.2. The number of hydrogen-bond donors (Lipinski definition) is 2. The van der Waals surface area contributed by atoms with Crippen LogP contribution in [0.4, 0.5) is 8.78 Å². The lowest BCUT2D eigenvalue weighted by atomic mass is 9.88. The molecule has 110 valence electrons. The van der Waals surface area contributed by atoms with Gasteiger partial charge in [0.1, 0.15) is 0 Å². The lowest BCUT2D eigenvalue weighted by Crippen LogP contribution is -2.41. The number of carboxylic acids is 1. The second-order valence-corrected chi connectivity index (χ2v) is 5.68. The molecular weight excluding hydrogens is 268 g/mol. The minimum Gasteiger partial charge on any atom is -0.478 e. The fraction of sp³-hybridized carbons (Fsp3) is 0.429. The van der Waals surface area contributed by atoms with E-state index in [0.29, 0.717) is 12.1 Å². The van der Waals surface area contributed by atoms with Gasteiger partial charge in [0.2, 0.25) is 0 Å². The van der Waals surface area contributed by atoms with E-state index in [-0.39, 0.29) is 11.5 Å². The van der Waals surface area contributed by atoms with Crippen LogP contribution in [0.5, 0.6) is 0 Å². The van der Waals surface area contributed by atoms with E-state index < -0.39 is 34.6 Å². The third-order valence-corrected chi connectivity index (χ3v) is 3.18. The number of carbonyl (C=O) groups is 2. The van der Waals surface area contributed by atoms with Gasteiger partial charge < -0.3 is 10.4 Å². The number of benzene rings is 1. The average molecular weight is 285 g/mol. The van der Waals surface area contributed by atoms with Gasteiger partial charge in [-0.2, -0.15) is 0 Å². The Morgan fingerprint density at radius 3 is 2.00 bits per heavy atom. The second kappa shape index (κ2) is 5.56. The van der Waals surface area contributed by atoms with Crippen LogP contribution >= 0.6 is 0 Å². The molecule has 0 aliphatic carbocycles. The molecule has 2 N–H and O–H groups in total. The molecule has 20 heavy (non-hydrogen) atoms. The maximum absolute atomic E-state index is 13.2. The van der Waals surface area contributed by atoms with Crippen molar-refractivity contribution in [2.75, 3.05) is 0 Å². The maximum Gasteiger partial charge on any atom is 0.336 e. The molecule has 6 heteroatoms. The van der Waals surface area contributed by atoms with E-state index in [2.05, 4.69) is 5.32 Å². The summed E-state index contributed by atoms with van der Waals surface area (Å²) >= 11 is 0. The lowest BCUT2D eigenvalue weighted by Gasteiger charge is -2.28. The van der Waals surface area contributed by atoms with Gasteiger partial charge in [-0.3, -0.25) is 4.79 Å². The van der Waals surface area contributed by atoms with Crippen molar-refractivity contribution >= 4 is 11.9 Å². The van der Waals surface area contributed by atoms with Crippen LogP contribution in [0.15, 0.2) is 12.1 Å². The first-order valence-electron chi connectivity index (χ1n) is 6.07. The van der Waals surface area contributed by atoms with Gasteiger partial charge in [0.25, 0.3) is 5.91 Å². The molecular formula is C14H17F2NO3. The van der Waals surface area contributed by atoms with Crippen molar-refractivity contribution in [3.05, 3.63) is 34.9 Å². The first-order chi connectivity index (χ1) is 9.04. The Bertz CT molecular complexity index is 550. The fourth-order valence-corrected chi connectivity index (χ4v) is 1.40. The van der Waals surface area contributed by atoms with E-state index >= 15 is 0 Å². The van der Waals surface area contributed by atoms with Gasteiger partial charge in [0, 0.05) is 6.04 Å². The van der Waals surface area contributed by atoms with Gasteiger partial charge in [0.15, 0.2) is 11.6 Å². The summed E-state index contributed by atoms with van der Waals surface area (Å²) in [6.07, 6.45) is 0. The highest BCUT2D eigenvalue weighted by Gasteiger charge is 2.25. The molecule has 4 nitrogen and oxygen atoms in total. The molecule has 1 aromatic carbocycles. The van der Waals surface area contributed by atoms with Crippen LogP contribution in [-0.2, 0) is 0 Å². The molecule has 1 atom stereocenters. The van der Waals surface area contributed by atoms with Crippen LogP contribution in [0.1, 0.15) is 48.4 Å². The fourth-order valence-electron chi connectivity index (χ4n) is 1.40. The molecule has 0 heterocycles. The van der Waals surface area contributed by atoms with Gasteiger partial charge in [-0.1, -0.05) is 20.8 Å². The Morgan fingerprint density at radius 2 is 1.60 bits per heavy atom. The minimum absolute atomic E-state index is 0.252. The molecule has 0 fully saturated rings. The third-order valence-electron chi connectivity index (χ3n) is 3.18. The molecule has 0 aliphatic heterocycles. The predicted molar refractivity (Wildman–Crippen MR) is 69.7 cm³/mol. The molecule has 1 unspecified atom stereocenters. The Balaban J connectivity index is 3.16. The molecule has 0 saturated carbocycles. The summed E-state index contributed by atoms with van der Waals surface area (Å²) in [5.41, 5.74) is -1.22. The summed E-state index contributed by atoms with van der Waals surface area (Å²) in [6.45, 7) is 7.42. The lowest BCUT2D eigenvalue weighted by molar-refractivity contribution is 0.0689. The molecule has 1 rings (SSSR count). The molecule has 0 aliphatic rings. The van der Waals surface area contributed by atoms with Gasteiger partial charge in [0.05, 0.1) is 11.1 Å². The highest BCUT2D eigenvalue weighted by atomic mass is 19.2. The standard InChI is InChI=1S/C14H17F2NO3/c1-7(14(2,3)4)17-12(18)8-5-10(15)11(16)6-9(8)13(19)20/h5-7H,1-4H3,(H,17,18)(H,19,20). The number of carboxylic acid groups (broad SMARTS) is 1. The van der Waals surface area contributed by atoms with E-state index in [1.807, 2.05) is 20.8 Å². The number of amides is 1. The summed E-state index contributed by atoms with van der Waals surface area (Å²) in [5, 5.41) is 11.5. The number of carbonyl (C=O) groups excluding carboxylic acids is 1. The van der Waals surface area contributed by atoms with Gasteiger partial charge >= 0.3 is 5.97 Å². The van der Waals surface area contributed by atoms with Crippen molar-refractivity contribution in [1.82, 2.24) is 5.32 Å². The first-order valence-corrected chi connectivity index (χ1v) is 6.07. The smallest absolute Gasteiger partial charge is 0.336 e. The monoisotopic (exact) mass is 285 g/mol. The quantitative estimate of drug-likeness (QED) is 0.897. The largest absolute Gasteiger partial charge is 0.478 e. The van der Waals surface area contributed by atoms with Crippen molar-refractivity contribution in [1.29, 1.82) is 0 Å². The zero-order chi connectivity index (χ0) is 15.7. The number of hydrogen-bond acceptors (Lipinski definition) is 2. The van der Waals surface area contributed by atoms with Gasteiger partial charge in [-0.05, 0) is 24.5 Å². The molecule has 0 bridgehead atoms. The SMILES string of the molecule is CC(NC(=O)c1cc(F)c(F)cc1C(=O)O)C(C)(C)C. The first kappa shape index (κ1) is 16.1. The molecule has 0 saturated heterocycles. The Labute approximate surface area is 115 Å². The van der Waals surface area contributed by atoms with Crippen molar-refractivity contribution in [3.63, 3.8) is 0 Å². The van der Waals surface area contributed by atoms with E-state index in [0.717, 1.165) is 0 Å². The third kappa shape index (κ3) is 3.53. The molecule has 0 radical (unpaired) electrons. The predicted octanol–water partition coefficient (Wildman–Crippen LogP) is 2.83. The van der Waals surface area contributed by atoms with Crippen LogP contribution in [0.2, 0.25) is 0 Å². The minimum atomic E-state index is -1.49. The topological polar surface area (TPSA) is 66.4 Å². The zero-order valence-electron chi connectivity index (χ0n) is 11.8. The van der Waals surface area contributed by atoms with E-state index in [1.165, 1.54) is 0 Å². The van der Waals surface area contributed by atoms with Gasteiger partial charge in [-0.15, -0.1) is 0 Å². The number of halogens is 2.